The first kappa shape index (κ1) is 11.4. The summed E-state index contributed by atoms with van der Waals surface area (Å²) < 4.78 is 5.44. The molecule has 1 aliphatic heterocycles. The van der Waals surface area contributed by atoms with Crippen LogP contribution in [0.4, 0.5) is 0 Å². The average Bonchev–Trinajstić information content (AvgIpc) is 2.24. The van der Waals surface area contributed by atoms with Crippen LogP contribution in [0.1, 0.15) is 32.1 Å². The number of nitrogens with two attached hydrogens (primary N) is 1. The van der Waals surface area contributed by atoms with Crippen molar-refractivity contribution < 1.29 is 4.74 Å². The van der Waals surface area contributed by atoms with Gasteiger partial charge in [0, 0.05) is 31.8 Å². The average molecular weight is 212 g/mol. The van der Waals surface area contributed by atoms with E-state index in [2.05, 4.69) is 11.9 Å². The molecule has 0 aromatic carbocycles. The molecular weight excluding hydrogens is 188 g/mol. The lowest BCUT2D eigenvalue weighted by atomic mass is 9.82. The number of ether oxygens (including phenoxy) is 1. The van der Waals surface area contributed by atoms with Gasteiger partial charge in [0.1, 0.15) is 0 Å². The highest BCUT2D eigenvalue weighted by molar-refractivity contribution is 4.93. The van der Waals surface area contributed by atoms with Gasteiger partial charge >= 0.3 is 0 Å². The van der Waals surface area contributed by atoms with Crippen molar-refractivity contribution in [3.05, 3.63) is 0 Å². The fraction of sp³-hybridized carbons (Fsp3) is 1.00. The normalized spacial score (nSPS) is 26.6. The van der Waals surface area contributed by atoms with Crippen LogP contribution in [-0.4, -0.2) is 43.8 Å². The van der Waals surface area contributed by atoms with E-state index < -0.39 is 0 Å². The molecule has 1 saturated carbocycles. The van der Waals surface area contributed by atoms with Gasteiger partial charge in [0.2, 0.25) is 0 Å². The molecule has 15 heavy (non-hydrogen) atoms. The van der Waals surface area contributed by atoms with Gasteiger partial charge in [0.05, 0.1) is 0 Å². The molecule has 2 N–H and O–H groups in total. The maximum absolute atomic E-state index is 5.98. The monoisotopic (exact) mass is 212 g/mol. The van der Waals surface area contributed by atoms with Crippen LogP contribution in [0.15, 0.2) is 0 Å². The van der Waals surface area contributed by atoms with Crippen LogP contribution in [0.5, 0.6) is 0 Å². The molecule has 3 heteroatoms. The van der Waals surface area contributed by atoms with Crippen LogP contribution in [0.3, 0.4) is 0 Å². The second-order valence-corrected chi connectivity index (χ2v) is 5.22. The zero-order valence-electron chi connectivity index (χ0n) is 9.87. The Kier molecular flexibility index (Phi) is 3.65. The van der Waals surface area contributed by atoms with Crippen molar-refractivity contribution in [2.75, 3.05) is 33.4 Å². The van der Waals surface area contributed by atoms with Gasteiger partial charge in [-0.15, -0.1) is 0 Å². The fourth-order valence-electron chi connectivity index (χ4n) is 2.75. The van der Waals surface area contributed by atoms with Crippen molar-refractivity contribution in [2.24, 2.45) is 11.7 Å². The summed E-state index contributed by atoms with van der Waals surface area (Å²) in [6, 6.07) is 0. The minimum Gasteiger partial charge on any atom is -0.381 e. The minimum absolute atomic E-state index is 0.230. The van der Waals surface area contributed by atoms with Gasteiger partial charge in [0.25, 0.3) is 0 Å². The molecule has 0 atom stereocenters. The summed E-state index contributed by atoms with van der Waals surface area (Å²) in [4.78, 5) is 2.51. The summed E-state index contributed by atoms with van der Waals surface area (Å²) in [6.45, 7) is 3.77. The summed E-state index contributed by atoms with van der Waals surface area (Å²) in [5.41, 5.74) is 6.21. The third kappa shape index (κ3) is 2.35. The van der Waals surface area contributed by atoms with E-state index in [1.807, 2.05) is 0 Å². The van der Waals surface area contributed by atoms with E-state index >= 15 is 0 Å². The van der Waals surface area contributed by atoms with E-state index in [9.17, 15) is 0 Å². The molecule has 1 heterocycles. The molecule has 0 aromatic rings. The standard InChI is InChI=1S/C12H24N2O/c1-14(9-11-3-2-4-11)12(10-13)5-7-15-8-6-12/h11H,2-10,13H2,1H3. The summed E-state index contributed by atoms with van der Waals surface area (Å²) >= 11 is 0. The van der Waals surface area contributed by atoms with Crippen LogP contribution in [0.2, 0.25) is 0 Å². The lowest BCUT2D eigenvalue weighted by Gasteiger charge is -2.46. The van der Waals surface area contributed by atoms with Gasteiger partial charge in [-0.25, -0.2) is 0 Å². The molecule has 0 amide bonds. The van der Waals surface area contributed by atoms with E-state index in [4.69, 9.17) is 10.5 Å². The van der Waals surface area contributed by atoms with Crippen molar-refractivity contribution in [2.45, 2.75) is 37.6 Å². The van der Waals surface area contributed by atoms with Gasteiger partial charge in [-0.3, -0.25) is 4.90 Å². The zero-order chi connectivity index (χ0) is 10.7. The lowest BCUT2D eigenvalue weighted by Crippen LogP contribution is -2.56. The lowest BCUT2D eigenvalue weighted by molar-refractivity contribution is -0.0228. The first-order valence-corrected chi connectivity index (χ1v) is 6.26. The Morgan fingerprint density at radius 1 is 1.33 bits per heavy atom. The van der Waals surface area contributed by atoms with Crippen LogP contribution in [0.25, 0.3) is 0 Å². The molecule has 0 unspecified atom stereocenters. The predicted octanol–water partition coefficient (Wildman–Crippen LogP) is 1.23. The molecule has 0 aromatic heterocycles. The third-order valence-electron chi connectivity index (χ3n) is 4.37. The highest BCUT2D eigenvalue weighted by atomic mass is 16.5. The molecule has 2 fully saturated rings. The number of nitrogens with zero attached hydrogens (tertiary/aromatic N) is 1. The van der Waals surface area contributed by atoms with Crippen molar-refractivity contribution in [3.8, 4) is 0 Å². The van der Waals surface area contributed by atoms with Crippen LogP contribution in [0, 0.1) is 5.92 Å². The van der Waals surface area contributed by atoms with Crippen LogP contribution < -0.4 is 5.73 Å². The van der Waals surface area contributed by atoms with Crippen molar-refractivity contribution in [1.82, 2.24) is 4.90 Å². The quantitative estimate of drug-likeness (QED) is 0.761. The molecule has 88 valence electrons. The number of hydrogen-bond acceptors (Lipinski definition) is 3. The third-order valence-corrected chi connectivity index (χ3v) is 4.37. The van der Waals surface area contributed by atoms with E-state index in [-0.39, 0.29) is 5.54 Å². The molecule has 2 aliphatic rings. The van der Waals surface area contributed by atoms with E-state index in [0.717, 1.165) is 38.5 Å². The smallest absolute Gasteiger partial charge is 0.0484 e. The Morgan fingerprint density at radius 2 is 2.00 bits per heavy atom. The fourth-order valence-corrected chi connectivity index (χ4v) is 2.75. The van der Waals surface area contributed by atoms with Gasteiger partial charge in [0.15, 0.2) is 0 Å². The Bertz CT molecular complexity index is 198. The molecule has 2 rings (SSSR count). The highest BCUT2D eigenvalue weighted by Gasteiger charge is 2.36. The van der Waals surface area contributed by atoms with Gasteiger partial charge < -0.3 is 10.5 Å². The molecule has 0 bridgehead atoms. The minimum atomic E-state index is 0.230. The summed E-state index contributed by atoms with van der Waals surface area (Å²) in [6.07, 6.45) is 6.47. The van der Waals surface area contributed by atoms with Gasteiger partial charge in [-0.1, -0.05) is 6.42 Å². The van der Waals surface area contributed by atoms with Crippen molar-refractivity contribution >= 4 is 0 Å². The zero-order valence-corrected chi connectivity index (χ0v) is 9.87. The molecule has 0 spiro atoms. The van der Waals surface area contributed by atoms with E-state index in [1.165, 1.54) is 25.8 Å². The van der Waals surface area contributed by atoms with Crippen LogP contribution >= 0.6 is 0 Å². The Hall–Kier alpha value is -0.120. The first-order chi connectivity index (χ1) is 7.27. The number of likely N-dealkylation sites (N-methyl/N-ethyl adjacent to an activating group) is 1. The van der Waals surface area contributed by atoms with Crippen molar-refractivity contribution in [3.63, 3.8) is 0 Å². The molecule has 3 nitrogen and oxygen atoms in total. The van der Waals surface area contributed by atoms with Gasteiger partial charge in [-0.05, 0) is 38.6 Å². The molecule has 1 saturated heterocycles. The van der Waals surface area contributed by atoms with E-state index in [1.54, 1.807) is 0 Å². The maximum atomic E-state index is 5.98. The topological polar surface area (TPSA) is 38.5 Å². The predicted molar refractivity (Wildman–Crippen MR) is 61.8 cm³/mol. The maximum Gasteiger partial charge on any atom is 0.0484 e. The largest absolute Gasteiger partial charge is 0.381 e. The number of rotatable bonds is 4. The Morgan fingerprint density at radius 3 is 2.47 bits per heavy atom. The summed E-state index contributed by atoms with van der Waals surface area (Å²) in [7, 11) is 2.25. The second-order valence-electron chi connectivity index (χ2n) is 5.22. The second kappa shape index (κ2) is 4.81. The molecular formula is C12H24N2O. The highest BCUT2D eigenvalue weighted by Crippen LogP contribution is 2.32. The molecule has 1 aliphatic carbocycles. The number of hydrogen-bond donors (Lipinski definition) is 1. The van der Waals surface area contributed by atoms with E-state index in [0.29, 0.717) is 0 Å². The molecule has 0 radical (unpaired) electrons. The summed E-state index contributed by atoms with van der Waals surface area (Å²) in [5.74, 6) is 0.932. The van der Waals surface area contributed by atoms with Gasteiger partial charge in [-0.2, -0.15) is 0 Å². The summed E-state index contributed by atoms with van der Waals surface area (Å²) in [5, 5.41) is 0. The van der Waals surface area contributed by atoms with Crippen LogP contribution in [-0.2, 0) is 4.74 Å². The Labute approximate surface area is 93.0 Å². The van der Waals surface area contributed by atoms with Crippen molar-refractivity contribution in [1.29, 1.82) is 0 Å². The SMILES string of the molecule is CN(CC1CCC1)C1(CN)CCOCC1. The Balaban J connectivity index is 1.90. The first-order valence-electron chi connectivity index (χ1n) is 6.26.